The van der Waals surface area contributed by atoms with Gasteiger partial charge in [0.2, 0.25) is 0 Å². The molecule has 3 aromatic carbocycles. The molecule has 2 N–H and O–H groups in total. The quantitative estimate of drug-likeness (QED) is 0.288. The van der Waals surface area contributed by atoms with Gasteiger partial charge in [-0.2, -0.15) is 0 Å². The number of fused-ring (bicyclic) bond motifs is 1. The van der Waals surface area contributed by atoms with Crippen molar-refractivity contribution in [3.05, 3.63) is 94.0 Å². The average molecular weight is 486 g/mol. The summed E-state index contributed by atoms with van der Waals surface area (Å²) in [7, 11) is 0. The number of nitrogens with zero attached hydrogens (tertiary/aromatic N) is 1. The molecule has 1 heterocycles. The summed E-state index contributed by atoms with van der Waals surface area (Å²) in [5.74, 6) is -0.933. The van der Waals surface area contributed by atoms with Crippen LogP contribution in [-0.2, 0) is 24.1 Å². The van der Waals surface area contributed by atoms with Crippen LogP contribution in [0.25, 0.3) is 10.1 Å². The van der Waals surface area contributed by atoms with Crippen LogP contribution in [0.2, 0.25) is 5.02 Å². The van der Waals surface area contributed by atoms with Crippen LogP contribution in [-0.4, -0.2) is 19.8 Å². The van der Waals surface area contributed by atoms with Crippen molar-refractivity contribution in [1.29, 1.82) is 0 Å². The van der Waals surface area contributed by atoms with Crippen molar-refractivity contribution in [3.8, 4) is 0 Å². The molecule has 0 fully saturated rings. The second kappa shape index (κ2) is 9.42. The first kappa shape index (κ1) is 22.5. The minimum Gasteiger partial charge on any atom is -0.478 e. The third-order valence-electron chi connectivity index (χ3n) is 5.32. The van der Waals surface area contributed by atoms with Gasteiger partial charge in [0, 0.05) is 9.72 Å². The molecule has 0 bridgehead atoms. The molecular weight excluding hydrogens is 466 g/mol. The summed E-state index contributed by atoms with van der Waals surface area (Å²) < 4.78 is 24.7. The molecule has 4 rings (SSSR count). The number of carboxylic acid groups (broad SMARTS) is 1. The van der Waals surface area contributed by atoms with Crippen molar-refractivity contribution in [2.75, 3.05) is 4.31 Å². The van der Waals surface area contributed by atoms with Crippen molar-refractivity contribution in [1.82, 2.24) is 0 Å². The van der Waals surface area contributed by atoms with Crippen LogP contribution in [0.5, 0.6) is 0 Å². The Morgan fingerprint density at radius 3 is 2.47 bits per heavy atom. The minimum atomic E-state index is -2.25. The number of carboxylic acids is 1. The molecule has 0 aliphatic carbocycles. The third-order valence-corrected chi connectivity index (χ3v) is 7.63. The van der Waals surface area contributed by atoms with E-state index in [0.717, 1.165) is 26.8 Å². The Labute approximate surface area is 197 Å². The maximum atomic E-state index is 12.3. The standard InChI is InChI=1S/C24H20ClNO4S2/c1-15-21-14-18(25)10-13-22(21)31-23(15)26(32(29)30)19-11-7-16(8-12-19)6-9-17-4-2-3-5-20(17)24(27)28/h2-5,7-8,10-14H,6,9H2,1H3,(H,27,28)(H,29,30). The lowest BCUT2D eigenvalue weighted by atomic mass is 10.00. The lowest BCUT2D eigenvalue weighted by Gasteiger charge is -2.19. The molecular formula is C24H20ClNO4S2. The summed E-state index contributed by atoms with van der Waals surface area (Å²) in [6.45, 7) is 1.92. The number of rotatable bonds is 7. The lowest BCUT2D eigenvalue weighted by molar-refractivity contribution is 0.0695. The van der Waals surface area contributed by atoms with E-state index in [4.69, 9.17) is 11.6 Å². The molecule has 32 heavy (non-hydrogen) atoms. The smallest absolute Gasteiger partial charge is 0.335 e. The highest BCUT2D eigenvalue weighted by Crippen LogP contribution is 2.42. The highest BCUT2D eigenvalue weighted by atomic mass is 35.5. The number of halogens is 1. The molecule has 164 valence electrons. The molecule has 8 heteroatoms. The first-order valence-electron chi connectivity index (χ1n) is 9.85. The zero-order chi connectivity index (χ0) is 22.8. The van der Waals surface area contributed by atoms with Crippen molar-refractivity contribution in [2.24, 2.45) is 0 Å². The predicted octanol–water partition coefficient (Wildman–Crippen LogP) is 6.62. The number of aromatic carboxylic acids is 1. The van der Waals surface area contributed by atoms with Crippen LogP contribution in [0.15, 0.2) is 66.7 Å². The number of benzene rings is 3. The second-order valence-corrected chi connectivity index (χ2v) is 9.62. The summed E-state index contributed by atoms with van der Waals surface area (Å²) in [5, 5.41) is 11.6. The molecule has 0 radical (unpaired) electrons. The minimum absolute atomic E-state index is 0.311. The summed E-state index contributed by atoms with van der Waals surface area (Å²) in [6, 6.07) is 20.0. The molecule has 0 saturated heterocycles. The van der Waals surface area contributed by atoms with Gasteiger partial charge in [-0.1, -0.05) is 41.9 Å². The van der Waals surface area contributed by atoms with E-state index in [9.17, 15) is 18.7 Å². The van der Waals surface area contributed by atoms with Gasteiger partial charge in [-0.3, -0.25) is 4.55 Å². The average Bonchev–Trinajstić information content (AvgIpc) is 3.08. The molecule has 0 spiro atoms. The zero-order valence-corrected chi connectivity index (χ0v) is 19.5. The predicted molar refractivity (Wildman–Crippen MR) is 132 cm³/mol. The van der Waals surface area contributed by atoms with E-state index in [2.05, 4.69) is 0 Å². The Hall–Kier alpha value is -2.71. The lowest BCUT2D eigenvalue weighted by Crippen LogP contribution is -2.18. The Morgan fingerprint density at radius 1 is 1.06 bits per heavy atom. The molecule has 5 nitrogen and oxygen atoms in total. The van der Waals surface area contributed by atoms with E-state index in [0.29, 0.717) is 34.1 Å². The number of aryl methyl sites for hydroxylation is 3. The molecule has 1 atom stereocenters. The van der Waals surface area contributed by atoms with E-state index in [-0.39, 0.29) is 0 Å². The molecule has 0 aliphatic heterocycles. The van der Waals surface area contributed by atoms with Crippen LogP contribution >= 0.6 is 22.9 Å². The fourth-order valence-electron chi connectivity index (χ4n) is 3.68. The monoisotopic (exact) mass is 485 g/mol. The van der Waals surface area contributed by atoms with Gasteiger partial charge in [-0.25, -0.2) is 13.3 Å². The van der Waals surface area contributed by atoms with Gasteiger partial charge in [-0.15, -0.1) is 11.3 Å². The summed E-state index contributed by atoms with van der Waals surface area (Å²) in [4.78, 5) is 11.4. The largest absolute Gasteiger partial charge is 0.478 e. The molecule has 1 aromatic heterocycles. The second-order valence-electron chi connectivity index (χ2n) is 7.33. The molecule has 0 aliphatic rings. The van der Waals surface area contributed by atoms with Crippen molar-refractivity contribution in [3.63, 3.8) is 0 Å². The SMILES string of the molecule is Cc1c(N(c2ccc(CCc3ccccc3C(=O)O)cc2)S(=O)O)sc2ccc(Cl)cc12. The Bertz CT molecular complexity index is 1320. The fraction of sp³-hybridized carbons (Fsp3) is 0.125. The van der Waals surface area contributed by atoms with Gasteiger partial charge in [0.15, 0.2) is 0 Å². The van der Waals surface area contributed by atoms with Crippen LogP contribution in [0.3, 0.4) is 0 Å². The van der Waals surface area contributed by atoms with Gasteiger partial charge in [0.25, 0.3) is 11.3 Å². The van der Waals surface area contributed by atoms with E-state index in [1.807, 2.05) is 55.5 Å². The highest BCUT2D eigenvalue weighted by molar-refractivity contribution is 7.81. The maximum Gasteiger partial charge on any atom is 0.335 e. The van der Waals surface area contributed by atoms with Gasteiger partial charge in [0.05, 0.1) is 11.3 Å². The van der Waals surface area contributed by atoms with Gasteiger partial charge < -0.3 is 5.11 Å². The van der Waals surface area contributed by atoms with E-state index < -0.39 is 17.2 Å². The van der Waals surface area contributed by atoms with E-state index in [1.54, 1.807) is 18.2 Å². The summed E-state index contributed by atoms with van der Waals surface area (Å²) in [6.07, 6.45) is 1.25. The Kier molecular flexibility index (Phi) is 6.62. The number of hydrogen-bond acceptors (Lipinski definition) is 3. The Morgan fingerprint density at radius 2 is 1.78 bits per heavy atom. The maximum absolute atomic E-state index is 12.3. The first-order chi connectivity index (χ1) is 15.3. The van der Waals surface area contributed by atoms with E-state index >= 15 is 0 Å². The van der Waals surface area contributed by atoms with Crippen molar-refractivity contribution < 1.29 is 18.7 Å². The summed E-state index contributed by atoms with van der Waals surface area (Å²) >= 11 is 5.31. The first-order valence-corrected chi connectivity index (χ1v) is 12.1. The highest BCUT2D eigenvalue weighted by Gasteiger charge is 2.21. The normalized spacial score (nSPS) is 12.1. The molecule has 1 unspecified atom stereocenters. The number of hydrogen-bond donors (Lipinski definition) is 2. The fourth-order valence-corrected chi connectivity index (χ4v) is 5.85. The van der Waals surface area contributed by atoms with Crippen LogP contribution in [0.4, 0.5) is 10.7 Å². The van der Waals surface area contributed by atoms with Crippen molar-refractivity contribution in [2.45, 2.75) is 19.8 Å². The van der Waals surface area contributed by atoms with Gasteiger partial charge in [0.1, 0.15) is 5.00 Å². The van der Waals surface area contributed by atoms with E-state index in [1.165, 1.54) is 15.6 Å². The number of anilines is 2. The van der Waals surface area contributed by atoms with Crippen LogP contribution in [0.1, 0.15) is 27.0 Å². The number of thiophene rings is 1. The van der Waals surface area contributed by atoms with Gasteiger partial charge in [-0.05, 0) is 78.2 Å². The summed E-state index contributed by atoms with van der Waals surface area (Å²) in [5.41, 5.74) is 3.59. The van der Waals surface area contributed by atoms with Crippen molar-refractivity contribution >= 4 is 60.9 Å². The van der Waals surface area contributed by atoms with Crippen LogP contribution < -0.4 is 4.31 Å². The topological polar surface area (TPSA) is 77.8 Å². The van der Waals surface area contributed by atoms with Gasteiger partial charge >= 0.3 is 5.97 Å². The Balaban J connectivity index is 1.59. The van der Waals surface area contributed by atoms with Crippen LogP contribution in [0, 0.1) is 6.92 Å². The number of carbonyl (C=O) groups is 1. The molecule has 0 amide bonds. The zero-order valence-electron chi connectivity index (χ0n) is 17.1. The molecule has 0 saturated carbocycles. The third kappa shape index (κ3) is 4.56. The molecule has 4 aromatic rings.